The van der Waals surface area contributed by atoms with Crippen molar-refractivity contribution in [3.8, 4) is 0 Å². The van der Waals surface area contributed by atoms with Crippen LogP contribution in [0.15, 0.2) is 64.7 Å². The predicted molar refractivity (Wildman–Crippen MR) is 95.2 cm³/mol. The van der Waals surface area contributed by atoms with Gasteiger partial charge in [0.2, 0.25) is 0 Å². The van der Waals surface area contributed by atoms with E-state index in [2.05, 4.69) is 25.7 Å². The number of oxime groups is 1. The largest absolute Gasteiger partial charge is 0.410 e. The molecule has 1 heterocycles. The molecule has 0 fully saturated rings. The van der Waals surface area contributed by atoms with Crippen molar-refractivity contribution >= 4 is 29.1 Å². The van der Waals surface area contributed by atoms with Gasteiger partial charge in [-0.25, -0.2) is 4.68 Å². The van der Waals surface area contributed by atoms with Crippen LogP contribution in [-0.2, 0) is 6.54 Å². The Morgan fingerprint density at radius 1 is 1.12 bits per heavy atom. The van der Waals surface area contributed by atoms with Crippen molar-refractivity contribution in [1.29, 1.82) is 0 Å². The van der Waals surface area contributed by atoms with E-state index < -0.39 is 0 Å². The fraction of sp³-hybridized carbons (Fsp3) is 0.0625. The number of halogens is 1. The summed E-state index contributed by atoms with van der Waals surface area (Å²) in [6, 6.07) is 16.0. The topological polar surface area (TPSA) is 121 Å². The predicted octanol–water partition coefficient (Wildman–Crippen LogP) is 2.26. The molecule has 0 aliphatic rings. The van der Waals surface area contributed by atoms with E-state index in [4.69, 9.17) is 11.6 Å². The van der Waals surface area contributed by atoms with Gasteiger partial charge in [-0.1, -0.05) is 64.3 Å². The van der Waals surface area contributed by atoms with Crippen LogP contribution in [0, 0.1) is 0 Å². The Morgan fingerprint density at radius 3 is 2.50 bits per heavy atom. The summed E-state index contributed by atoms with van der Waals surface area (Å²) in [6.45, 7) is 0.346. The average molecular weight is 372 g/mol. The first kappa shape index (κ1) is 17.5. The Morgan fingerprint density at radius 2 is 1.85 bits per heavy atom. The summed E-state index contributed by atoms with van der Waals surface area (Å²) in [5.74, 6) is 0.0134. The summed E-state index contributed by atoms with van der Waals surface area (Å²) in [7, 11) is 0. The second kappa shape index (κ2) is 8.19. The minimum absolute atomic E-state index is 0.0362. The van der Waals surface area contributed by atoms with E-state index in [9.17, 15) is 10.4 Å². The highest BCUT2D eigenvalue weighted by atomic mass is 35.5. The van der Waals surface area contributed by atoms with E-state index in [1.165, 1.54) is 4.68 Å². The maximum atomic E-state index is 9.43. The number of hydroxylamine groups is 1. The van der Waals surface area contributed by atoms with Crippen molar-refractivity contribution in [2.45, 2.75) is 6.54 Å². The quantitative estimate of drug-likeness (QED) is 0.274. The van der Waals surface area contributed by atoms with Crippen molar-refractivity contribution in [2.75, 3.05) is 0 Å². The molecule has 10 heteroatoms. The van der Waals surface area contributed by atoms with E-state index in [0.717, 1.165) is 5.56 Å². The molecule has 3 aromatic rings. The number of nitrogens with zero attached hydrogens (tertiary/aromatic N) is 6. The first-order valence-electron chi connectivity index (χ1n) is 7.48. The van der Waals surface area contributed by atoms with Crippen LogP contribution >= 0.6 is 11.6 Å². The highest BCUT2D eigenvalue weighted by Gasteiger charge is 2.15. The second-order valence-corrected chi connectivity index (χ2v) is 5.59. The molecule has 0 bridgehead atoms. The third-order valence-corrected chi connectivity index (χ3v) is 3.70. The van der Waals surface area contributed by atoms with Gasteiger partial charge < -0.3 is 5.21 Å². The minimum Gasteiger partial charge on any atom is -0.410 e. The third kappa shape index (κ3) is 4.02. The maximum Gasteiger partial charge on any atom is 0.271 e. The highest BCUT2D eigenvalue weighted by Crippen LogP contribution is 2.14. The number of hydrogen-bond acceptors (Lipinski definition) is 7. The van der Waals surface area contributed by atoms with Gasteiger partial charge in [0.05, 0.1) is 6.54 Å². The first-order chi connectivity index (χ1) is 12.7. The molecule has 3 rings (SSSR count). The van der Waals surface area contributed by atoms with E-state index in [1.807, 2.05) is 23.7 Å². The molecule has 26 heavy (non-hydrogen) atoms. The van der Waals surface area contributed by atoms with Gasteiger partial charge in [-0.15, -0.1) is 0 Å². The molecule has 0 saturated carbocycles. The SMILES string of the molecule is ON=C(C(=Nc1nnnn1Cc1ccc(Cl)cc1)NO)c1ccccc1. The monoisotopic (exact) mass is 371 g/mol. The summed E-state index contributed by atoms with van der Waals surface area (Å²) in [6.07, 6.45) is 0. The van der Waals surface area contributed by atoms with Crippen LogP contribution in [0.25, 0.3) is 0 Å². The number of hydrogen-bond donors (Lipinski definition) is 3. The van der Waals surface area contributed by atoms with Crippen LogP contribution in [0.5, 0.6) is 0 Å². The fourth-order valence-electron chi connectivity index (χ4n) is 2.21. The molecule has 2 aromatic carbocycles. The summed E-state index contributed by atoms with van der Waals surface area (Å²) in [5.41, 5.74) is 3.42. The number of nitrogens with one attached hydrogen (secondary N) is 1. The normalized spacial score (nSPS) is 12.2. The van der Waals surface area contributed by atoms with Gasteiger partial charge in [-0.3, -0.25) is 10.7 Å². The Labute approximate surface area is 153 Å². The lowest BCUT2D eigenvalue weighted by Crippen LogP contribution is -2.29. The molecular weight excluding hydrogens is 358 g/mol. The molecule has 3 N–H and O–H groups in total. The standard InChI is InChI=1S/C16H14ClN7O2/c17-13-8-6-11(7-9-13)10-24-16(19-22-23-24)18-15(21-26)14(20-25)12-4-2-1-3-5-12/h1-9,25-26H,10H2,(H,18,19,21,23). The van der Waals surface area contributed by atoms with Crippen LogP contribution in [0.1, 0.15) is 11.1 Å². The molecule has 0 spiro atoms. The van der Waals surface area contributed by atoms with Crippen LogP contribution in [0.4, 0.5) is 5.95 Å². The molecule has 0 amide bonds. The van der Waals surface area contributed by atoms with Gasteiger partial charge in [0.25, 0.3) is 5.95 Å². The second-order valence-electron chi connectivity index (χ2n) is 5.15. The van der Waals surface area contributed by atoms with Gasteiger partial charge in [0.15, 0.2) is 11.5 Å². The fourth-order valence-corrected chi connectivity index (χ4v) is 2.34. The smallest absolute Gasteiger partial charge is 0.271 e. The summed E-state index contributed by atoms with van der Waals surface area (Å²) >= 11 is 5.88. The lowest BCUT2D eigenvalue weighted by atomic mass is 10.1. The van der Waals surface area contributed by atoms with Crippen LogP contribution in [0.3, 0.4) is 0 Å². The Balaban J connectivity index is 1.91. The van der Waals surface area contributed by atoms with E-state index in [-0.39, 0.29) is 17.5 Å². The number of aromatic nitrogens is 4. The van der Waals surface area contributed by atoms with Crippen LogP contribution in [-0.4, -0.2) is 42.2 Å². The number of amidine groups is 1. The van der Waals surface area contributed by atoms with Crippen molar-refractivity contribution in [3.63, 3.8) is 0 Å². The molecule has 1 aromatic heterocycles. The Kier molecular flexibility index (Phi) is 5.52. The summed E-state index contributed by atoms with van der Waals surface area (Å²) < 4.78 is 1.43. The van der Waals surface area contributed by atoms with Crippen molar-refractivity contribution < 1.29 is 10.4 Å². The molecule has 0 aliphatic carbocycles. The lowest BCUT2D eigenvalue weighted by molar-refractivity contribution is 0.236. The average Bonchev–Trinajstić information content (AvgIpc) is 3.11. The molecule has 9 nitrogen and oxygen atoms in total. The lowest BCUT2D eigenvalue weighted by Gasteiger charge is -2.07. The first-order valence-corrected chi connectivity index (χ1v) is 7.86. The van der Waals surface area contributed by atoms with Gasteiger partial charge >= 0.3 is 0 Å². The molecule has 0 atom stereocenters. The van der Waals surface area contributed by atoms with Crippen LogP contribution < -0.4 is 5.48 Å². The number of tetrazole rings is 1. The summed E-state index contributed by atoms with van der Waals surface area (Å²) in [5, 5.41) is 33.9. The highest BCUT2D eigenvalue weighted by molar-refractivity contribution is 6.47. The van der Waals surface area contributed by atoms with E-state index in [0.29, 0.717) is 17.1 Å². The maximum absolute atomic E-state index is 9.43. The zero-order valence-corrected chi connectivity index (χ0v) is 14.1. The molecule has 0 aliphatic heterocycles. The summed E-state index contributed by atoms with van der Waals surface area (Å²) in [4.78, 5) is 4.16. The van der Waals surface area contributed by atoms with E-state index in [1.54, 1.807) is 36.4 Å². The Hall–Kier alpha value is -3.30. The van der Waals surface area contributed by atoms with Gasteiger partial charge in [0, 0.05) is 10.6 Å². The van der Waals surface area contributed by atoms with Crippen molar-refractivity contribution in [2.24, 2.45) is 10.1 Å². The molecular formula is C16H14ClN7O2. The molecule has 132 valence electrons. The van der Waals surface area contributed by atoms with Gasteiger partial charge in [-0.05, 0) is 28.1 Å². The Bertz CT molecular complexity index is 923. The van der Waals surface area contributed by atoms with Gasteiger partial charge in [-0.2, -0.15) is 4.99 Å². The third-order valence-electron chi connectivity index (χ3n) is 3.45. The molecule has 0 radical (unpaired) electrons. The van der Waals surface area contributed by atoms with E-state index >= 15 is 0 Å². The molecule has 0 unspecified atom stereocenters. The molecule has 0 saturated heterocycles. The van der Waals surface area contributed by atoms with Crippen LogP contribution in [0.2, 0.25) is 5.02 Å². The number of benzene rings is 2. The zero-order valence-electron chi connectivity index (χ0n) is 13.4. The number of aliphatic imine (C=N–C) groups is 1. The minimum atomic E-state index is -0.106. The zero-order chi connectivity index (χ0) is 18.4. The number of rotatable bonds is 5. The van der Waals surface area contributed by atoms with Crippen molar-refractivity contribution in [1.82, 2.24) is 25.7 Å². The van der Waals surface area contributed by atoms with Gasteiger partial charge in [0.1, 0.15) is 0 Å². The van der Waals surface area contributed by atoms with Crippen molar-refractivity contribution in [3.05, 3.63) is 70.7 Å².